The van der Waals surface area contributed by atoms with E-state index in [9.17, 15) is 13.2 Å². The molecule has 1 rings (SSSR count). The minimum Gasteiger partial charge on any atom is -0.252 e. The van der Waals surface area contributed by atoms with Crippen LogP contribution in [0.2, 0.25) is 0 Å². The third-order valence-corrected chi connectivity index (χ3v) is 1.31. The van der Waals surface area contributed by atoms with E-state index in [0.717, 1.165) is 12.3 Å². The van der Waals surface area contributed by atoms with Gasteiger partial charge in [0.25, 0.3) is 0 Å². The van der Waals surface area contributed by atoms with Crippen LogP contribution >= 0.6 is 12.6 Å². The molecule has 0 spiro atoms. The Kier molecular flexibility index (Phi) is 4.61. The fourth-order valence-electron chi connectivity index (χ4n) is 0.574. The van der Waals surface area contributed by atoms with Crippen molar-refractivity contribution in [3.8, 4) is 0 Å². The zero-order chi connectivity index (χ0) is 8.48. The molecular weight excluding hydrogens is 198 g/mol. The van der Waals surface area contributed by atoms with Gasteiger partial charge in [0.1, 0.15) is 5.69 Å². The van der Waals surface area contributed by atoms with Gasteiger partial charge in [0.05, 0.1) is 0 Å². The monoisotopic (exact) mass is 202 g/mol. The molecule has 0 unspecified atom stereocenters. The van der Waals surface area contributed by atoms with Crippen molar-refractivity contribution < 1.29 is 13.2 Å². The van der Waals surface area contributed by atoms with E-state index < -0.39 is 11.9 Å². The van der Waals surface area contributed by atoms with Gasteiger partial charge in [0, 0.05) is 40.6 Å². The van der Waals surface area contributed by atoms with E-state index in [1.165, 1.54) is 6.07 Å². The Hall–Kier alpha value is 0.290. The molecule has 12 heavy (non-hydrogen) atoms. The van der Waals surface area contributed by atoms with Crippen LogP contribution in [0.3, 0.4) is 0 Å². The number of rotatable bonds is 0. The van der Waals surface area contributed by atoms with Crippen molar-refractivity contribution in [2.75, 3.05) is 0 Å². The number of aromatic nitrogens is 1. The molecule has 6 heteroatoms. The van der Waals surface area contributed by atoms with Gasteiger partial charge in [0.15, 0.2) is 0 Å². The minimum absolute atomic E-state index is 0. The Morgan fingerprint density at radius 1 is 1.33 bits per heavy atom. The maximum Gasteiger partial charge on any atom is 0.433 e. The molecule has 1 nitrogen and oxygen atoms in total. The van der Waals surface area contributed by atoms with Gasteiger partial charge in [-0.15, -0.1) is 12.6 Å². The Morgan fingerprint density at radius 3 is 2.25 bits per heavy atom. The number of thiol groups is 1. The first-order chi connectivity index (χ1) is 5.00. The second-order valence-electron chi connectivity index (χ2n) is 1.90. The van der Waals surface area contributed by atoms with Gasteiger partial charge in [-0.05, 0) is 12.1 Å². The van der Waals surface area contributed by atoms with E-state index in [0.29, 0.717) is 0 Å². The second-order valence-corrected chi connectivity index (χ2v) is 2.41. The first kappa shape index (κ1) is 12.3. The van der Waals surface area contributed by atoms with Gasteiger partial charge < -0.3 is 0 Å². The summed E-state index contributed by atoms with van der Waals surface area (Å²) in [5.41, 5.74) is -0.912. The molecule has 0 aliphatic rings. The normalized spacial score (nSPS) is 10.7. The fourth-order valence-corrected chi connectivity index (χ4v) is 0.763. The van der Waals surface area contributed by atoms with Gasteiger partial charge >= 0.3 is 6.18 Å². The van der Waals surface area contributed by atoms with E-state index in [1.54, 1.807) is 0 Å². The summed E-state index contributed by atoms with van der Waals surface area (Å²) in [6.45, 7) is 0. The molecule has 1 aromatic heterocycles. The molecule has 0 N–H and O–H groups in total. The van der Waals surface area contributed by atoms with Gasteiger partial charge in [-0.1, -0.05) is 0 Å². The molecule has 1 radical (unpaired) electrons. The van der Waals surface area contributed by atoms with Crippen LogP contribution in [-0.2, 0) is 6.18 Å². The quantitative estimate of drug-likeness (QED) is 0.501. The predicted molar refractivity (Wildman–Crippen MR) is 42.2 cm³/mol. The van der Waals surface area contributed by atoms with Gasteiger partial charge in [-0.3, -0.25) is 4.98 Å². The topological polar surface area (TPSA) is 12.9 Å². The summed E-state index contributed by atoms with van der Waals surface area (Å²) < 4.78 is 35.6. The smallest absolute Gasteiger partial charge is 0.252 e. The maximum absolute atomic E-state index is 11.9. The molecule has 1 heterocycles. The molecule has 0 fully saturated rings. The third kappa shape index (κ3) is 3.35. The molecule has 1 aromatic rings. The number of pyridine rings is 1. The van der Waals surface area contributed by atoms with Crippen molar-refractivity contribution in [1.29, 1.82) is 0 Å². The largest absolute Gasteiger partial charge is 0.433 e. The van der Waals surface area contributed by atoms with Crippen LogP contribution < -0.4 is 0 Å². The zero-order valence-electron chi connectivity index (χ0n) is 6.26. The third-order valence-electron chi connectivity index (χ3n) is 1.03. The van der Waals surface area contributed by atoms with Crippen molar-refractivity contribution >= 4 is 42.2 Å². The Balaban J connectivity index is 0.00000121. The van der Waals surface area contributed by atoms with Crippen LogP contribution in [0, 0.1) is 0 Å². The maximum atomic E-state index is 11.9. The summed E-state index contributed by atoms with van der Waals surface area (Å²) in [5.74, 6) is 0. The first-order valence-electron chi connectivity index (χ1n) is 2.72. The van der Waals surface area contributed by atoms with Gasteiger partial charge in [-0.25, -0.2) is 0 Å². The van der Waals surface area contributed by atoms with Crippen molar-refractivity contribution in [1.82, 2.24) is 4.98 Å². The minimum atomic E-state index is -4.38. The molecule has 0 aliphatic carbocycles. The Morgan fingerprint density at radius 2 is 1.92 bits per heavy atom. The van der Waals surface area contributed by atoms with Crippen LogP contribution in [-0.4, -0.2) is 34.5 Å². The van der Waals surface area contributed by atoms with Crippen LogP contribution in [0.25, 0.3) is 0 Å². The van der Waals surface area contributed by atoms with Crippen LogP contribution in [0.15, 0.2) is 23.2 Å². The summed E-state index contributed by atoms with van der Waals surface area (Å²) in [6.07, 6.45) is -3.30. The van der Waals surface area contributed by atoms with E-state index >= 15 is 0 Å². The Bertz CT molecular complexity index is 263. The SMILES string of the molecule is FC(F)(F)c1cc(S)ccn1.[Na]. The summed E-state index contributed by atoms with van der Waals surface area (Å²) in [6, 6.07) is 2.27. The van der Waals surface area contributed by atoms with E-state index in [2.05, 4.69) is 17.6 Å². The first-order valence-corrected chi connectivity index (χ1v) is 3.17. The molecule has 0 amide bonds. The number of hydrogen-bond acceptors (Lipinski definition) is 2. The molecule has 0 aliphatic heterocycles. The predicted octanol–water partition coefficient (Wildman–Crippen LogP) is 2.01. The number of halogens is 3. The summed E-state index contributed by atoms with van der Waals surface area (Å²) >= 11 is 3.75. The van der Waals surface area contributed by atoms with Crippen molar-refractivity contribution in [2.24, 2.45) is 0 Å². The molecule has 0 saturated heterocycles. The Labute approximate surface area is 95.1 Å². The number of alkyl halides is 3. The molecule has 0 aromatic carbocycles. The van der Waals surface area contributed by atoms with Crippen LogP contribution in [0.1, 0.15) is 5.69 Å². The molecule has 0 bridgehead atoms. The average Bonchev–Trinajstić information content (AvgIpc) is 1.86. The number of nitrogens with zero attached hydrogens (tertiary/aromatic N) is 1. The fraction of sp³-hybridized carbons (Fsp3) is 0.167. The average molecular weight is 202 g/mol. The molecule has 0 saturated carbocycles. The summed E-state index contributed by atoms with van der Waals surface area (Å²) in [4.78, 5) is 3.39. The van der Waals surface area contributed by atoms with Gasteiger partial charge in [0.2, 0.25) is 0 Å². The van der Waals surface area contributed by atoms with Crippen LogP contribution in [0.5, 0.6) is 0 Å². The van der Waals surface area contributed by atoms with Crippen molar-refractivity contribution in [3.63, 3.8) is 0 Å². The van der Waals surface area contributed by atoms with E-state index in [4.69, 9.17) is 0 Å². The van der Waals surface area contributed by atoms with Crippen molar-refractivity contribution in [3.05, 3.63) is 24.0 Å². The standard InChI is InChI=1S/C6H4F3NS.Na/c7-6(8,9)5-3-4(11)1-2-10-5;/h1-3H,(H,10,11);. The van der Waals surface area contributed by atoms with Gasteiger partial charge in [-0.2, -0.15) is 13.2 Å². The molecule has 61 valence electrons. The van der Waals surface area contributed by atoms with Crippen LogP contribution in [0.4, 0.5) is 13.2 Å². The molecular formula is C6H4F3NNaS. The summed E-state index contributed by atoms with van der Waals surface area (Å²) in [5, 5.41) is 0. The van der Waals surface area contributed by atoms with E-state index in [-0.39, 0.29) is 34.5 Å². The van der Waals surface area contributed by atoms with Crippen molar-refractivity contribution in [2.45, 2.75) is 11.1 Å². The molecule has 0 atom stereocenters. The number of hydrogen-bond donors (Lipinski definition) is 1. The summed E-state index contributed by atoms with van der Waals surface area (Å²) in [7, 11) is 0. The second kappa shape index (κ2) is 4.50. The zero-order valence-corrected chi connectivity index (χ0v) is 9.15. The van der Waals surface area contributed by atoms with E-state index in [1.807, 2.05) is 0 Å².